The van der Waals surface area contributed by atoms with Gasteiger partial charge in [0, 0.05) is 18.6 Å². The van der Waals surface area contributed by atoms with Gasteiger partial charge in [-0.25, -0.2) is 0 Å². The summed E-state index contributed by atoms with van der Waals surface area (Å²) in [5, 5.41) is 0. The van der Waals surface area contributed by atoms with E-state index in [1.165, 1.54) is 48.8 Å². The topological polar surface area (TPSA) is 29.3 Å². The van der Waals surface area contributed by atoms with Gasteiger partial charge in [0.05, 0.1) is 0 Å². The zero-order valence-electron chi connectivity index (χ0n) is 13.4. The number of hydrogen-bond donors (Lipinski definition) is 1. The van der Waals surface area contributed by atoms with Crippen molar-refractivity contribution in [2.24, 2.45) is 5.73 Å². The van der Waals surface area contributed by atoms with Crippen molar-refractivity contribution in [2.45, 2.75) is 65.0 Å². The molecule has 2 heteroatoms. The zero-order chi connectivity index (χ0) is 14.5. The minimum absolute atomic E-state index is 0.136. The number of nitrogens with two attached hydrogens (primary N) is 1. The molecule has 0 bridgehead atoms. The summed E-state index contributed by atoms with van der Waals surface area (Å²) < 4.78 is 0. The molecule has 0 radical (unpaired) electrons. The lowest BCUT2D eigenvalue weighted by Crippen LogP contribution is -2.41. The average molecular weight is 274 g/mol. The summed E-state index contributed by atoms with van der Waals surface area (Å²) in [4.78, 5) is 2.60. The molecule has 1 saturated carbocycles. The van der Waals surface area contributed by atoms with Crippen LogP contribution in [-0.4, -0.2) is 24.0 Å². The predicted molar refractivity (Wildman–Crippen MR) is 87.0 cm³/mol. The van der Waals surface area contributed by atoms with Crippen molar-refractivity contribution in [1.82, 2.24) is 4.90 Å². The van der Waals surface area contributed by atoms with Crippen molar-refractivity contribution in [3.8, 4) is 0 Å². The number of rotatable bonds is 5. The number of hydrogen-bond acceptors (Lipinski definition) is 2. The van der Waals surface area contributed by atoms with Gasteiger partial charge in [0.1, 0.15) is 0 Å². The van der Waals surface area contributed by atoms with E-state index in [0.717, 1.165) is 19.1 Å². The van der Waals surface area contributed by atoms with Gasteiger partial charge >= 0.3 is 0 Å². The van der Waals surface area contributed by atoms with Crippen molar-refractivity contribution >= 4 is 0 Å². The highest BCUT2D eigenvalue weighted by Gasteiger charge is 2.22. The first kappa shape index (κ1) is 15.5. The van der Waals surface area contributed by atoms with Crippen LogP contribution in [0.1, 0.15) is 61.8 Å². The van der Waals surface area contributed by atoms with Crippen LogP contribution in [0.2, 0.25) is 0 Å². The van der Waals surface area contributed by atoms with Crippen LogP contribution in [0.25, 0.3) is 0 Å². The molecule has 1 unspecified atom stereocenters. The summed E-state index contributed by atoms with van der Waals surface area (Å²) in [6, 6.07) is 7.52. The Labute approximate surface area is 124 Å². The largest absolute Gasteiger partial charge is 0.323 e. The fraction of sp³-hybridized carbons (Fsp3) is 0.667. The van der Waals surface area contributed by atoms with Crippen molar-refractivity contribution < 1.29 is 0 Å². The number of aryl methyl sites for hydroxylation is 2. The van der Waals surface area contributed by atoms with E-state index in [1.54, 1.807) is 0 Å². The third-order valence-corrected chi connectivity index (χ3v) is 4.76. The van der Waals surface area contributed by atoms with Gasteiger partial charge in [-0.15, -0.1) is 0 Å². The summed E-state index contributed by atoms with van der Waals surface area (Å²) in [7, 11) is 0. The standard InChI is InChI=1S/C18H30N2/c1-4-20(16-8-6-5-7-9-16)13-18(19)17-12-14(2)10-11-15(17)3/h10-12,16,18H,4-9,13,19H2,1-3H3. The summed E-state index contributed by atoms with van der Waals surface area (Å²) in [6.45, 7) is 8.69. The maximum Gasteiger partial charge on any atom is 0.0427 e. The van der Waals surface area contributed by atoms with Gasteiger partial charge in [-0.05, 0) is 44.4 Å². The Morgan fingerprint density at radius 2 is 1.90 bits per heavy atom. The van der Waals surface area contributed by atoms with Crippen molar-refractivity contribution in [3.05, 3.63) is 34.9 Å². The third kappa shape index (κ3) is 3.83. The predicted octanol–water partition coefficient (Wildman–Crippen LogP) is 3.96. The smallest absolute Gasteiger partial charge is 0.0427 e. The summed E-state index contributed by atoms with van der Waals surface area (Å²) in [6.07, 6.45) is 6.90. The lowest BCUT2D eigenvalue weighted by atomic mass is 9.93. The summed E-state index contributed by atoms with van der Waals surface area (Å²) in [5.74, 6) is 0. The molecule has 0 heterocycles. The Bertz CT molecular complexity index is 421. The molecule has 2 nitrogen and oxygen atoms in total. The van der Waals surface area contributed by atoms with E-state index in [2.05, 4.69) is 43.9 Å². The van der Waals surface area contributed by atoms with Crippen LogP contribution in [0.5, 0.6) is 0 Å². The van der Waals surface area contributed by atoms with Crippen LogP contribution >= 0.6 is 0 Å². The quantitative estimate of drug-likeness (QED) is 0.880. The molecule has 0 amide bonds. The van der Waals surface area contributed by atoms with Gasteiger partial charge < -0.3 is 5.73 Å². The van der Waals surface area contributed by atoms with Crippen molar-refractivity contribution in [2.75, 3.05) is 13.1 Å². The molecule has 1 aliphatic carbocycles. The maximum atomic E-state index is 6.51. The Balaban J connectivity index is 2.04. The number of nitrogens with zero attached hydrogens (tertiary/aromatic N) is 1. The summed E-state index contributed by atoms with van der Waals surface area (Å²) in [5.41, 5.74) is 10.5. The Hall–Kier alpha value is -0.860. The van der Waals surface area contributed by atoms with E-state index in [1.807, 2.05) is 0 Å². The number of likely N-dealkylation sites (N-methyl/N-ethyl adjacent to an activating group) is 1. The van der Waals surface area contributed by atoms with Crippen LogP contribution in [0, 0.1) is 13.8 Å². The van der Waals surface area contributed by atoms with E-state index in [-0.39, 0.29) is 6.04 Å². The van der Waals surface area contributed by atoms with E-state index in [4.69, 9.17) is 5.73 Å². The molecule has 112 valence electrons. The SMILES string of the molecule is CCN(CC(N)c1cc(C)ccc1C)C1CCCCC1. The molecular formula is C18H30N2. The first-order valence-electron chi connectivity index (χ1n) is 8.18. The zero-order valence-corrected chi connectivity index (χ0v) is 13.4. The fourth-order valence-corrected chi connectivity index (χ4v) is 3.49. The highest BCUT2D eigenvalue weighted by Crippen LogP contribution is 2.25. The first-order chi connectivity index (χ1) is 9.61. The molecule has 1 fully saturated rings. The fourth-order valence-electron chi connectivity index (χ4n) is 3.49. The second-order valence-electron chi connectivity index (χ2n) is 6.35. The first-order valence-corrected chi connectivity index (χ1v) is 8.18. The van der Waals surface area contributed by atoms with Crippen LogP contribution in [0.15, 0.2) is 18.2 Å². The molecule has 2 rings (SSSR count). The average Bonchev–Trinajstić information content (AvgIpc) is 2.48. The van der Waals surface area contributed by atoms with E-state index < -0.39 is 0 Å². The minimum atomic E-state index is 0.136. The molecular weight excluding hydrogens is 244 g/mol. The highest BCUT2D eigenvalue weighted by molar-refractivity contribution is 5.33. The normalized spacial score (nSPS) is 18.4. The molecule has 0 saturated heterocycles. The minimum Gasteiger partial charge on any atom is -0.323 e. The molecule has 1 atom stereocenters. The van der Waals surface area contributed by atoms with Crippen molar-refractivity contribution in [1.29, 1.82) is 0 Å². The van der Waals surface area contributed by atoms with E-state index in [9.17, 15) is 0 Å². The molecule has 20 heavy (non-hydrogen) atoms. The molecule has 1 aromatic rings. The third-order valence-electron chi connectivity index (χ3n) is 4.76. The van der Waals surface area contributed by atoms with E-state index in [0.29, 0.717) is 0 Å². The Kier molecular flexibility index (Phi) is 5.62. The molecule has 0 aromatic heterocycles. The second-order valence-corrected chi connectivity index (χ2v) is 6.35. The Morgan fingerprint density at radius 3 is 2.55 bits per heavy atom. The molecule has 1 aromatic carbocycles. The summed E-state index contributed by atoms with van der Waals surface area (Å²) >= 11 is 0. The van der Waals surface area contributed by atoms with E-state index >= 15 is 0 Å². The van der Waals surface area contributed by atoms with Crippen molar-refractivity contribution in [3.63, 3.8) is 0 Å². The molecule has 1 aliphatic rings. The van der Waals surface area contributed by atoms with Gasteiger partial charge in [-0.3, -0.25) is 4.90 Å². The molecule has 0 spiro atoms. The van der Waals surface area contributed by atoms with Gasteiger partial charge in [-0.1, -0.05) is 49.9 Å². The monoisotopic (exact) mass is 274 g/mol. The lowest BCUT2D eigenvalue weighted by molar-refractivity contribution is 0.155. The van der Waals surface area contributed by atoms with Gasteiger partial charge in [0.15, 0.2) is 0 Å². The highest BCUT2D eigenvalue weighted by atomic mass is 15.2. The molecule has 2 N–H and O–H groups in total. The van der Waals surface area contributed by atoms with Gasteiger partial charge in [0.25, 0.3) is 0 Å². The van der Waals surface area contributed by atoms with Crippen LogP contribution in [0.4, 0.5) is 0 Å². The van der Waals surface area contributed by atoms with Crippen LogP contribution < -0.4 is 5.73 Å². The molecule has 0 aliphatic heterocycles. The number of benzene rings is 1. The second kappa shape index (κ2) is 7.24. The van der Waals surface area contributed by atoms with Gasteiger partial charge in [-0.2, -0.15) is 0 Å². The maximum absolute atomic E-state index is 6.51. The lowest BCUT2D eigenvalue weighted by Gasteiger charge is -2.35. The van der Waals surface area contributed by atoms with Gasteiger partial charge in [0.2, 0.25) is 0 Å². The van der Waals surface area contributed by atoms with Crippen LogP contribution in [-0.2, 0) is 0 Å². The Morgan fingerprint density at radius 1 is 1.20 bits per heavy atom. The van der Waals surface area contributed by atoms with Crippen LogP contribution in [0.3, 0.4) is 0 Å².